The first-order valence-electron chi connectivity index (χ1n) is 7.28. The summed E-state index contributed by atoms with van der Waals surface area (Å²) in [5.41, 5.74) is 1.64. The Morgan fingerprint density at radius 1 is 1.29 bits per heavy atom. The number of aromatic carboxylic acids is 1. The fraction of sp³-hybridized carbons (Fsp3) is 0.500. The van der Waals surface area contributed by atoms with E-state index >= 15 is 0 Å². The van der Waals surface area contributed by atoms with Crippen molar-refractivity contribution in [2.24, 2.45) is 11.8 Å². The number of carboxylic acids is 1. The Labute approximate surface area is 125 Å². The number of hydrogen-bond acceptors (Lipinski definition) is 2. The number of urea groups is 1. The van der Waals surface area contributed by atoms with E-state index in [2.05, 4.69) is 19.2 Å². The second kappa shape index (κ2) is 6.16. The Bertz CT molecular complexity index is 556. The van der Waals surface area contributed by atoms with Crippen molar-refractivity contribution in [3.05, 3.63) is 29.3 Å². The van der Waals surface area contributed by atoms with Crippen molar-refractivity contribution < 1.29 is 14.7 Å². The molecule has 2 rings (SSSR count). The molecule has 0 radical (unpaired) electrons. The minimum atomic E-state index is -0.963. The van der Waals surface area contributed by atoms with E-state index in [1.54, 1.807) is 19.1 Å². The SMILES string of the molecule is Cc1cc(C(=O)O)ccc1NC(=O)N1CCC(C)C(C)C1. The largest absolute Gasteiger partial charge is 0.478 e. The lowest BCUT2D eigenvalue weighted by Crippen LogP contribution is -2.44. The molecule has 1 saturated heterocycles. The smallest absolute Gasteiger partial charge is 0.335 e. The first-order valence-corrected chi connectivity index (χ1v) is 7.28. The number of aryl methyl sites for hydroxylation is 1. The number of piperidine rings is 1. The zero-order chi connectivity index (χ0) is 15.6. The van der Waals surface area contributed by atoms with Crippen LogP contribution in [0.4, 0.5) is 10.5 Å². The molecule has 0 spiro atoms. The molecular weight excluding hydrogens is 268 g/mol. The lowest BCUT2D eigenvalue weighted by molar-refractivity contribution is 0.0697. The molecule has 2 atom stereocenters. The number of carboxylic acid groups (broad SMARTS) is 1. The van der Waals surface area contributed by atoms with Crippen molar-refractivity contribution in [2.45, 2.75) is 27.2 Å². The molecule has 5 heteroatoms. The molecule has 0 saturated carbocycles. The molecule has 2 N–H and O–H groups in total. The molecular formula is C16H22N2O3. The fourth-order valence-corrected chi connectivity index (χ4v) is 2.58. The summed E-state index contributed by atoms with van der Waals surface area (Å²) in [6.45, 7) is 7.71. The monoisotopic (exact) mass is 290 g/mol. The summed E-state index contributed by atoms with van der Waals surface area (Å²) in [7, 11) is 0. The molecule has 1 aliphatic rings. The minimum Gasteiger partial charge on any atom is -0.478 e. The lowest BCUT2D eigenvalue weighted by Gasteiger charge is -2.35. The van der Waals surface area contributed by atoms with Crippen molar-refractivity contribution in [3.8, 4) is 0 Å². The fourth-order valence-electron chi connectivity index (χ4n) is 2.58. The molecule has 1 heterocycles. The first kappa shape index (κ1) is 15.4. The van der Waals surface area contributed by atoms with Crippen LogP contribution in [0.1, 0.15) is 36.2 Å². The molecule has 0 aliphatic carbocycles. The quantitative estimate of drug-likeness (QED) is 0.878. The number of benzene rings is 1. The molecule has 2 unspecified atom stereocenters. The summed E-state index contributed by atoms with van der Waals surface area (Å²) in [5.74, 6) is 0.181. The van der Waals surface area contributed by atoms with Gasteiger partial charge in [0.1, 0.15) is 0 Å². The van der Waals surface area contributed by atoms with Gasteiger partial charge in [0.2, 0.25) is 0 Å². The van der Waals surface area contributed by atoms with Gasteiger partial charge in [0, 0.05) is 18.8 Å². The molecule has 1 fully saturated rings. The Kier molecular flexibility index (Phi) is 4.50. The van der Waals surface area contributed by atoms with Crippen molar-refractivity contribution >= 4 is 17.7 Å². The zero-order valence-electron chi connectivity index (χ0n) is 12.7. The van der Waals surface area contributed by atoms with Crippen LogP contribution in [0, 0.1) is 18.8 Å². The van der Waals surface area contributed by atoms with Crippen LogP contribution in [0.25, 0.3) is 0 Å². The van der Waals surface area contributed by atoms with Gasteiger partial charge in [0.25, 0.3) is 0 Å². The second-order valence-corrected chi connectivity index (χ2v) is 5.95. The molecule has 1 aromatic carbocycles. The second-order valence-electron chi connectivity index (χ2n) is 5.95. The van der Waals surface area contributed by atoms with E-state index in [0.717, 1.165) is 25.1 Å². The Balaban J connectivity index is 2.04. The number of amides is 2. The molecule has 0 bridgehead atoms. The number of carbonyl (C=O) groups is 2. The van der Waals surface area contributed by atoms with Crippen LogP contribution in [0.5, 0.6) is 0 Å². The third-order valence-electron chi connectivity index (χ3n) is 4.34. The highest BCUT2D eigenvalue weighted by atomic mass is 16.4. The van der Waals surface area contributed by atoms with Gasteiger partial charge in [0.05, 0.1) is 5.56 Å². The topological polar surface area (TPSA) is 69.6 Å². The maximum Gasteiger partial charge on any atom is 0.335 e. The van der Waals surface area contributed by atoms with Crippen molar-refractivity contribution in [2.75, 3.05) is 18.4 Å². The summed E-state index contributed by atoms with van der Waals surface area (Å²) in [6.07, 6.45) is 1.02. The van der Waals surface area contributed by atoms with Crippen LogP contribution < -0.4 is 5.32 Å². The number of carbonyl (C=O) groups excluding carboxylic acids is 1. The van der Waals surface area contributed by atoms with Crippen LogP contribution in [0.2, 0.25) is 0 Å². The van der Waals surface area contributed by atoms with E-state index in [1.165, 1.54) is 6.07 Å². The summed E-state index contributed by atoms with van der Waals surface area (Å²) < 4.78 is 0. The Morgan fingerprint density at radius 3 is 2.57 bits per heavy atom. The lowest BCUT2D eigenvalue weighted by atomic mass is 9.89. The molecule has 21 heavy (non-hydrogen) atoms. The number of anilines is 1. The molecule has 0 aromatic heterocycles. The minimum absolute atomic E-state index is 0.111. The average Bonchev–Trinajstić information content (AvgIpc) is 2.43. The van der Waals surface area contributed by atoms with Crippen molar-refractivity contribution in [3.63, 3.8) is 0 Å². The Hall–Kier alpha value is -2.04. The van der Waals surface area contributed by atoms with Crippen LogP contribution in [0.3, 0.4) is 0 Å². The van der Waals surface area contributed by atoms with Gasteiger partial charge < -0.3 is 15.3 Å². The number of nitrogens with zero attached hydrogens (tertiary/aromatic N) is 1. The van der Waals surface area contributed by atoms with Gasteiger partial charge in [0.15, 0.2) is 0 Å². The third-order valence-corrected chi connectivity index (χ3v) is 4.34. The van der Waals surface area contributed by atoms with E-state index in [0.29, 0.717) is 17.5 Å². The highest BCUT2D eigenvalue weighted by molar-refractivity contribution is 5.92. The molecule has 114 valence electrons. The number of nitrogens with one attached hydrogen (secondary N) is 1. The summed E-state index contributed by atoms with van der Waals surface area (Å²) in [4.78, 5) is 25.0. The predicted molar refractivity (Wildman–Crippen MR) is 81.7 cm³/mol. The molecule has 2 amide bonds. The molecule has 1 aromatic rings. The van der Waals surface area contributed by atoms with Gasteiger partial charge in [-0.05, 0) is 48.9 Å². The number of rotatable bonds is 2. The maximum atomic E-state index is 12.3. The van der Waals surface area contributed by atoms with Crippen LogP contribution in [-0.4, -0.2) is 35.1 Å². The van der Waals surface area contributed by atoms with Crippen molar-refractivity contribution in [1.29, 1.82) is 0 Å². The first-order chi connectivity index (χ1) is 9.88. The van der Waals surface area contributed by atoms with Gasteiger partial charge in [-0.15, -0.1) is 0 Å². The zero-order valence-corrected chi connectivity index (χ0v) is 12.7. The van der Waals surface area contributed by atoms with Crippen molar-refractivity contribution in [1.82, 2.24) is 4.90 Å². The van der Waals surface area contributed by atoms with Gasteiger partial charge in [-0.2, -0.15) is 0 Å². The highest BCUT2D eigenvalue weighted by Crippen LogP contribution is 2.23. The molecule has 5 nitrogen and oxygen atoms in total. The predicted octanol–water partition coefficient (Wildman–Crippen LogP) is 3.20. The molecule has 1 aliphatic heterocycles. The highest BCUT2D eigenvalue weighted by Gasteiger charge is 2.26. The van der Waals surface area contributed by atoms with Crippen LogP contribution >= 0.6 is 0 Å². The van der Waals surface area contributed by atoms with Gasteiger partial charge in [-0.25, -0.2) is 9.59 Å². The normalized spacial score (nSPS) is 22.0. The van der Waals surface area contributed by atoms with E-state index in [1.807, 2.05) is 4.90 Å². The summed E-state index contributed by atoms with van der Waals surface area (Å²) in [5, 5.41) is 11.8. The van der Waals surface area contributed by atoms with E-state index in [-0.39, 0.29) is 11.6 Å². The van der Waals surface area contributed by atoms with Gasteiger partial charge in [-0.1, -0.05) is 13.8 Å². The number of hydrogen-bond donors (Lipinski definition) is 2. The third kappa shape index (κ3) is 3.54. The van der Waals surface area contributed by atoms with Gasteiger partial charge in [-0.3, -0.25) is 0 Å². The van der Waals surface area contributed by atoms with Gasteiger partial charge >= 0.3 is 12.0 Å². The number of likely N-dealkylation sites (tertiary alicyclic amines) is 1. The standard InChI is InChI=1S/C16H22N2O3/c1-10-6-7-18(9-12(10)3)16(21)17-14-5-4-13(15(19)20)8-11(14)2/h4-5,8,10,12H,6-7,9H2,1-3H3,(H,17,21)(H,19,20). The van der Waals surface area contributed by atoms with E-state index in [9.17, 15) is 9.59 Å². The maximum absolute atomic E-state index is 12.3. The van der Waals surface area contributed by atoms with E-state index < -0.39 is 5.97 Å². The Morgan fingerprint density at radius 2 is 2.00 bits per heavy atom. The van der Waals surface area contributed by atoms with Crippen LogP contribution in [0.15, 0.2) is 18.2 Å². The summed E-state index contributed by atoms with van der Waals surface area (Å²) >= 11 is 0. The average molecular weight is 290 g/mol. The van der Waals surface area contributed by atoms with Crippen LogP contribution in [-0.2, 0) is 0 Å². The summed E-state index contributed by atoms with van der Waals surface area (Å²) in [6, 6.07) is 4.61. The van der Waals surface area contributed by atoms with E-state index in [4.69, 9.17) is 5.11 Å².